The van der Waals surface area contributed by atoms with E-state index in [9.17, 15) is 9.59 Å². The average molecular weight is 416 g/mol. The molecule has 146 valence electrons. The van der Waals surface area contributed by atoms with Crippen molar-refractivity contribution in [2.45, 2.75) is 44.1 Å². The number of nitrogens with zero attached hydrogens (tertiary/aromatic N) is 2. The molecular formula is C21H22ClN3O2S. The van der Waals surface area contributed by atoms with E-state index in [0.29, 0.717) is 39.7 Å². The second kappa shape index (κ2) is 8.80. The van der Waals surface area contributed by atoms with Gasteiger partial charge in [0.2, 0.25) is 5.91 Å². The summed E-state index contributed by atoms with van der Waals surface area (Å²) in [6, 6.07) is 12.7. The zero-order valence-corrected chi connectivity index (χ0v) is 17.6. The van der Waals surface area contributed by atoms with Crippen molar-refractivity contribution >= 4 is 45.9 Å². The van der Waals surface area contributed by atoms with Gasteiger partial charge in [-0.05, 0) is 50.1 Å². The molecule has 2 aromatic carbocycles. The highest BCUT2D eigenvalue weighted by Gasteiger charge is 2.22. The molecular weight excluding hydrogens is 394 g/mol. The Bertz CT molecular complexity index is 1080. The molecule has 0 saturated carbocycles. The van der Waals surface area contributed by atoms with Crippen LogP contribution in [0, 0.1) is 6.92 Å². The predicted octanol–water partition coefficient (Wildman–Crippen LogP) is 4.89. The van der Waals surface area contributed by atoms with E-state index in [2.05, 4.69) is 10.3 Å². The number of halogens is 1. The van der Waals surface area contributed by atoms with Gasteiger partial charge >= 0.3 is 0 Å². The normalized spacial score (nSPS) is 12.1. The molecule has 1 heterocycles. The number of carbonyl (C=O) groups is 1. The first-order valence-corrected chi connectivity index (χ1v) is 10.4. The van der Waals surface area contributed by atoms with Gasteiger partial charge in [-0.1, -0.05) is 48.5 Å². The number of aromatic nitrogens is 2. The second-order valence-corrected chi connectivity index (χ2v) is 8.01. The highest BCUT2D eigenvalue weighted by atomic mass is 35.5. The Morgan fingerprint density at radius 1 is 1.25 bits per heavy atom. The van der Waals surface area contributed by atoms with Crippen LogP contribution in [0.4, 0.5) is 5.69 Å². The first kappa shape index (κ1) is 20.4. The molecule has 5 nitrogen and oxygen atoms in total. The maximum absolute atomic E-state index is 12.8. The minimum atomic E-state index is -0.383. The van der Waals surface area contributed by atoms with Gasteiger partial charge in [0.15, 0.2) is 5.16 Å². The van der Waals surface area contributed by atoms with E-state index in [0.717, 1.165) is 5.56 Å². The van der Waals surface area contributed by atoms with Crippen LogP contribution in [-0.4, -0.2) is 20.7 Å². The third kappa shape index (κ3) is 4.23. The first-order valence-electron chi connectivity index (χ1n) is 9.17. The molecule has 3 aromatic rings. The van der Waals surface area contributed by atoms with Crippen LogP contribution >= 0.6 is 23.4 Å². The molecule has 1 aromatic heterocycles. The van der Waals surface area contributed by atoms with Crippen LogP contribution in [0.1, 0.15) is 25.8 Å². The molecule has 0 aliphatic heterocycles. The summed E-state index contributed by atoms with van der Waals surface area (Å²) in [5.41, 5.74) is 2.16. The summed E-state index contributed by atoms with van der Waals surface area (Å²) in [5.74, 6) is -0.141. The average Bonchev–Trinajstić information content (AvgIpc) is 2.69. The molecule has 0 fully saturated rings. The van der Waals surface area contributed by atoms with Gasteiger partial charge in [0.1, 0.15) is 0 Å². The SMILES string of the molecule is CCC(Sc1nc2ccccc2c(=O)n1CC)C(=O)Nc1ccc(C)c(Cl)c1. The molecule has 28 heavy (non-hydrogen) atoms. The molecule has 0 radical (unpaired) electrons. The van der Waals surface area contributed by atoms with Gasteiger partial charge < -0.3 is 5.32 Å². The van der Waals surface area contributed by atoms with Gasteiger partial charge in [0.25, 0.3) is 5.56 Å². The number of para-hydroxylation sites is 1. The largest absolute Gasteiger partial charge is 0.325 e. The molecule has 1 unspecified atom stereocenters. The fourth-order valence-electron chi connectivity index (χ4n) is 2.86. The van der Waals surface area contributed by atoms with Gasteiger partial charge in [0, 0.05) is 17.3 Å². The van der Waals surface area contributed by atoms with Crippen molar-refractivity contribution in [3.05, 3.63) is 63.4 Å². The lowest BCUT2D eigenvalue weighted by Gasteiger charge is -2.17. The third-order valence-corrected chi connectivity index (χ3v) is 6.25. The number of fused-ring (bicyclic) bond motifs is 1. The minimum Gasteiger partial charge on any atom is -0.325 e. The Hall–Kier alpha value is -2.31. The molecule has 1 N–H and O–H groups in total. The molecule has 0 spiro atoms. The zero-order valence-electron chi connectivity index (χ0n) is 16.0. The number of rotatable bonds is 6. The molecule has 0 saturated heterocycles. The molecule has 0 aliphatic carbocycles. The lowest BCUT2D eigenvalue weighted by molar-refractivity contribution is -0.115. The van der Waals surface area contributed by atoms with Crippen LogP contribution in [0.25, 0.3) is 10.9 Å². The van der Waals surface area contributed by atoms with Gasteiger partial charge in [-0.3, -0.25) is 14.2 Å². The first-order chi connectivity index (χ1) is 13.4. The summed E-state index contributed by atoms with van der Waals surface area (Å²) in [4.78, 5) is 30.2. The topological polar surface area (TPSA) is 64.0 Å². The monoisotopic (exact) mass is 415 g/mol. The summed E-state index contributed by atoms with van der Waals surface area (Å²) >= 11 is 7.46. The van der Waals surface area contributed by atoms with Gasteiger partial charge in [0.05, 0.1) is 16.2 Å². The van der Waals surface area contributed by atoms with Crippen LogP contribution in [-0.2, 0) is 11.3 Å². The third-order valence-electron chi connectivity index (χ3n) is 4.49. The quantitative estimate of drug-likeness (QED) is 0.460. The van der Waals surface area contributed by atoms with Crippen molar-refractivity contribution in [1.29, 1.82) is 0 Å². The Morgan fingerprint density at radius 3 is 2.68 bits per heavy atom. The van der Waals surface area contributed by atoms with Crippen LogP contribution in [0.5, 0.6) is 0 Å². The standard InChI is InChI=1S/C21H22ClN3O2S/c1-4-18(19(26)23-14-11-10-13(3)16(22)12-14)28-21-24-17-9-7-6-8-15(17)20(27)25(21)5-2/h6-12,18H,4-5H2,1-3H3,(H,23,26). The summed E-state index contributed by atoms with van der Waals surface area (Å²) in [7, 11) is 0. The van der Waals surface area contributed by atoms with Gasteiger partial charge in [-0.15, -0.1) is 0 Å². The minimum absolute atomic E-state index is 0.0869. The number of benzene rings is 2. The molecule has 0 aliphatic rings. The summed E-state index contributed by atoms with van der Waals surface area (Å²) < 4.78 is 1.62. The summed E-state index contributed by atoms with van der Waals surface area (Å²) in [6.45, 7) is 6.24. The maximum atomic E-state index is 12.8. The molecule has 1 amide bonds. The second-order valence-electron chi connectivity index (χ2n) is 6.43. The van der Waals surface area contributed by atoms with Crippen molar-refractivity contribution in [3.63, 3.8) is 0 Å². The number of amides is 1. The van der Waals surface area contributed by atoms with Crippen LogP contribution < -0.4 is 10.9 Å². The Balaban J connectivity index is 1.88. The highest BCUT2D eigenvalue weighted by molar-refractivity contribution is 8.00. The number of nitrogens with one attached hydrogen (secondary N) is 1. The van der Waals surface area contributed by atoms with Gasteiger partial charge in [-0.2, -0.15) is 0 Å². The smallest absolute Gasteiger partial charge is 0.262 e. The molecule has 1 atom stereocenters. The fraction of sp³-hybridized carbons (Fsp3) is 0.286. The number of aryl methyl sites for hydroxylation is 1. The number of hydrogen-bond acceptors (Lipinski definition) is 4. The van der Waals surface area contributed by atoms with Crippen molar-refractivity contribution in [2.75, 3.05) is 5.32 Å². The highest BCUT2D eigenvalue weighted by Crippen LogP contribution is 2.27. The summed E-state index contributed by atoms with van der Waals surface area (Å²) in [6.07, 6.45) is 0.600. The van der Waals surface area contributed by atoms with Crippen molar-refractivity contribution < 1.29 is 4.79 Å². The lowest BCUT2D eigenvalue weighted by Crippen LogP contribution is -2.28. The Morgan fingerprint density at radius 2 is 2.00 bits per heavy atom. The number of hydrogen-bond donors (Lipinski definition) is 1. The van der Waals surface area contributed by atoms with Crippen LogP contribution in [0.15, 0.2) is 52.4 Å². The summed E-state index contributed by atoms with van der Waals surface area (Å²) in [5, 5.41) is 4.27. The predicted molar refractivity (Wildman–Crippen MR) is 116 cm³/mol. The zero-order chi connectivity index (χ0) is 20.3. The van der Waals surface area contributed by atoms with Crippen LogP contribution in [0.2, 0.25) is 5.02 Å². The Labute approximate surface area is 173 Å². The van der Waals surface area contributed by atoms with E-state index in [1.165, 1.54) is 11.8 Å². The van der Waals surface area contributed by atoms with E-state index in [1.54, 1.807) is 16.7 Å². The van der Waals surface area contributed by atoms with Crippen molar-refractivity contribution in [1.82, 2.24) is 9.55 Å². The van der Waals surface area contributed by atoms with E-state index < -0.39 is 0 Å². The fourth-order valence-corrected chi connectivity index (χ4v) is 4.12. The number of thioether (sulfide) groups is 1. The van der Waals surface area contributed by atoms with Crippen molar-refractivity contribution in [2.24, 2.45) is 0 Å². The van der Waals surface area contributed by atoms with E-state index in [1.807, 2.05) is 51.1 Å². The number of carbonyl (C=O) groups excluding carboxylic acids is 1. The van der Waals surface area contributed by atoms with Crippen molar-refractivity contribution in [3.8, 4) is 0 Å². The van der Waals surface area contributed by atoms with E-state index in [4.69, 9.17) is 11.6 Å². The van der Waals surface area contributed by atoms with Gasteiger partial charge in [-0.25, -0.2) is 4.98 Å². The Kier molecular flexibility index (Phi) is 6.42. The van der Waals surface area contributed by atoms with E-state index in [-0.39, 0.29) is 16.7 Å². The molecule has 3 rings (SSSR count). The van der Waals surface area contributed by atoms with E-state index >= 15 is 0 Å². The number of anilines is 1. The lowest BCUT2D eigenvalue weighted by atomic mass is 10.2. The molecule has 0 bridgehead atoms. The van der Waals surface area contributed by atoms with Crippen LogP contribution in [0.3, 0.4) is 0 Å². The maximum Gasteiger partial charge on any atom is 0.262 e. The molecule has 7 heteroatoms.